The van der Waals surface area contributed by atoms with Gasteiger partial charge in [-0.05, 0) is 35.9 Å². The molecule has 1 amide bonds. The molecule has 0 aliphatic rings. The van der Waals surface area contributed by atoms with Crippen LogP contribution in [-0.2, 0) is 22.3 Å². The number of benzene rings is 2. The zero-order valence-electron chi connectivity index (χ0n) is 13.7. The van der Waals surface area contributed by atoms with Gasteiger partial charge in [-0.1, -0.05) is 29.8 Å². The van der Waals surface area contributed by atoms with E-state index < -0.39 is 29.2 Å². The Hall–Kier alpha value is -3.00. The lowest BCUT2D eigenvalue weighted by Crippen LogP contribution is -2.23. The van der Waals surface area contributed by atoms with Crippen LogP contribution in [0.5, 0.6) is 0 Å². The summed E-state index contributed by atoms with van der Waals surface area (Å²) in [5, 5.41) is 14.6. The zero-order valence-corrected chi connectivity index (χ0v) is 14.4. The van der Waals surface area contributed by atoms with E-state index in [-0.39, 0.29) is 12.2 Å². The van der Waals surface area contributed by atoms with Crippen LogP contribution in [0.3, 0.4) is 0 Å². The lowest BCUT2D eigenvalue weighted by molar-refractivity contribution is -0.137. The summed E-state index contributed by atoms with van der Waals surface area (Å²) in [6.07, 6.45) is -3.50. The van der Waals surface area contributed by atoms with Gasteiger partial charge in [0.25, 0.3) is 5.91 Å². The van der Waals surface area contributed by atoms with Crippen molar-refractivity contribution >= 4 is 29.2 Å². The van der Waals surface area contributed by atoms with E-state index in [2.05, 4.69) is 10.6 Å². The summed E-state index contributed by atoms with van der Waals surface area (Å²) >= 11 is 5.98. The fraction of sp³-hybridized carbons (Fsp3) is 0.111. The Balaban J connectivity index is 2.06. The fourth-order valence-corrected chi connectivity index (χ4v) is 2.27. The standard InChI is InChI=1S/C18H14ClF3N2O3/c19-15-4-2-1-3-11(15)9-23-10-14(17(26)27)16(25)24-13-7-5-12(6-8-13)18(20,21)22/h1-8,10,23H,9H2,(H,24,25)(H,26,27)/b14-10+. The van der Waals surface area contributed by atoms with Crippen molar-refractivity contribution in [3.05, 3.63) is 76.5 Å². The van der Waals surface area contributed by atoms with Crippen LogP contribution < -0.4 is 10.6 Å². The molecule has 0 aliphatic carbocycles. The summed E-state index contributed by atoms with van der Waals surface area (Å²) < 4.78 is 37.6. The van der Waals surface area contributed by atoms with Crippen LogP contribution in [0.15, 0.2) is 60.3 Å². The molecule has 27 heavy (non-hydrogen) atoms. The van der Waals surface area contributed by atoms with Gasteiger partial charge < -0.3 is 15.7 Å². The second kappa shape index (κ2) is 8.59. The molecule has 9 heteroatoms. The first-order valence-electron chi connectivity index (χ1n) is 7.57. The van der Waals surface area contributed by atoms with E-state index in [1.54, 1.807) is 24.3 Å². The predicted molar refractivity (Wildman–Crippen MR) is 94.1 cm³/mol. The summed E-state index contributed by atoms with van der Waals surface area (Å²) in [4.78, 5) is 23.4. The molecule has 0 radical (unpaired) electrons. The van der Waals surface area contributed by atoms with E-state index in [9.17, 15) is 27.9 Å². The topological polar surface area (TPSA) is 78.4 Å². The SMILES string of the molecule is O=C(O)/C(=C/NCc1ccccc1Cl)C(=O)Nc1ccc(C(F)(F)F)cc1. The summed E-state index contributed by atoms with van der Waals surface area (Å²) in [6.45, 7) is 0.185. The van der Waals surface area contributed by atoms with Crippen molar-refractivity contribution < 1.29 is 27.9 Å². The first-order valence-corrected chi connectivity index (χ1v) is 7.95. The molecule has 0 aliphatic heterocycles. The number of rotatable bonds is 6. The number of carbonyl (C=O) groups excluding carboxylic acids is 1. The van der Waals surface area contributed by atoms with Crippen LogP contribution in [0.2, 0.25) is 5.02 Å². The highest BCUT2D eigenvalue weighted by atomic mass is 35.5. The minimum Gasteiger partial charge on any atom is -0.477 e. The maximum atomic E-state index is 12.5. The molecule has 2 rings (SSSR count). The second-order valence-electron chi connectivity index (χ2n) is 5.36. The third-order valence-corrected chi connectivity index (χ3v) is 3.81. The van der Waals surface area contributed by atoms with Crippen molar-refractivity contribution in [2.24, 2.45) is 0 Å². The number of alkyl halides is 3. The maximum absolute atomic E-state index is 12.5. The number of anilines is 1. The van der Waals surface area contributed by atoms with Crippen LogP contribution in [0.4, 0.5) is 18.9 Å². The average Bonchev–Trinajstić information content (AvgIpc) is 2.59. The van der Waals surface area contributed by atoms with Crippen LogP contribution in [0.25, 0.3) is 0 Å². The molecule has 2 aromatic carbocycles. The average molecular weight is 399 g/mol. The van der Waals surface area contributed by atoms with Crippen LogP contribution >= 0.6 is 11.6 Å². The molecule has 2 aromatic rings. The molecular weight excluding hydrogens is 385 g/mol. The lowest BCUT2D eigenvalue weighted by atomic mass is 10.2. The number of carboxylic acids is 1. The van der Waals surface area contributed by atoms with Crippen molar-refractivity contribution in [3.63, 3.8) is 0 Å². The maximum Gasteiger partial charge on any atom is 0.416 e. The Labute approximate surface area is 157 Å². The molecule has 142 valence electrons. The summed E-state index contributed by atoms with van der Waals surface area (Å²) in [7, 11) is 0. The molecule has 5 nitrogen and oxygen atoms in total. The van der Waals surface area contributed by atoms with E-state index in [0.29, 0.717) is 10.6 Å². The largest absolute Gasteiger partial charge is 0.477 e. The third kappa shape index (κ3) is 5.75. The number of halogens is 4. The van der Waals surface area contributed by atoms with Gasteiger partial charge >= 0.3 is 12.1 Å². The summed E-state index contributed by atoms with van der Waals surface area (Å²) in [6, 6.07) is 10.5. The fourth-order valence-electron chi connectivity index (χ4n) is 2.07. The van der Waals surface area contributed by atoms with Crippen LogP contribution in [-0.4, -0.2) is 17.0 Å². The van der Waals surface area contributed by atoms with Gasteiger partial charge in [0, 0.05) is 23.5 Å². The van der Waals surface area contributed by atoms with Gasteiger partial charge in [-0.25, -0.2) is 4.79 Å². The van der Waals surface area contributed by atoms with Crippen molar-refractivity contribution in [2.75, 3.05) is 5.32 Å². The third-order valence-electron chi connectivity index (χ3n) is 3.44. The van der Waals surface area contributed by atoms with Crippen molar-refractivity contribution in [3.8, 4) is 0 Å². The molecule has 0 atom stereocenters. The number of carboxylic acid groups (broad SMARTS) is 1. The monoisotopic (exact) mass is 398 g/mol. The quantitative estimate of drug-likeness (QED) is 0.389. The Morgan fingerprint density at radius 3 is 2.26 bits per heavy atom. The van der Waals surface area contributed by atoms with Crippen molar-refractivity contribution in [1.82, 2.24) is 5.32 Å². The molecule has 0 fully saturated rings. The predicted octanol–water partition coefficient (Wildman–Crippen LogP) is 4.06. The highest BCUT2D eigenvalue weighted by Crippen LogP contribution is 2.29. The normalized spacial score (nSPS) is 11.8. The number of hydrogen-bond donors (Lipinski definition) is 3. The second-order valence-corrected chi connectivity index (χ2v) is 5.77. The molecule has 0 saturated carbocycles. The number of aliphatic carboxylic acids is 1. The smallest absolute Gasteiger partial charge is 0.416 e. The van der Waals surface area contributed by atoms with Gasteiger partial charge in [-0.2, -0.15) is 13.2 Å². The molecule has 0 heterocycles. The Morgan fingerprint density at radius 2 is 1.70 bits per heavy atom. The lowest BCUT2D eigenvalue weighted by Gasteiger charge is -2.10. The molecule has 3 N–H and O–H groups in total. The number of hydrogen-bond acceptors (Lipinski definition) is 3. The van der Waals surface area contributed by atoms with E-state index in [0.717, 1.165) is 30.5 Å². The first-order chi connectivity index (χ1) is 12.7. The van der Waals surface area contributed by atoms with E-state index in [4.69, 9.17) is 11.6 Å². The first kappa shape index (κ1) is 20.3. The van der Waals surface area contributed by atoms with Gasteiger partial charge in [0.05, 0.1) is 5.56 Å². The molecule has 0 saturated heterocycles. The molecule has 0 spiro atoms. The summed E-state index contributed by atoms with van der Waals surface area (Å²) in [5.74, 6) is -2.47. The minimum absolute atomic E-state index is 0.0336. The minimum atomic E-state index is -4.50. The highest BCUT2D eigenvalue weighted by molar-refractivity contribution is 6.31. The Kier molecular flexibility index (Phi) is 6.46. The van der Waals surface area contributed by atoms with Gasteiger partial charge in [-0.3, -0.25) is 4.79 Å². The molecular formula is C18H14ClF3N2O3. The van der Waals surface area contributed by atoms with Crippen LogP contribution in [0, 0.1) is 0 Å². The highest BCUT2D eigenvalue weighted by Gasteiger charge is 2.30. The van der Waals surface area contributed by atoms with Gasteiger partial charge in [0.1, 0.15) is 5.57 Å². The molecule has 0 unspecified atom stereocenters. The van der Waals surface area contributed by atoms with E-state index in [1.165, 1.54) is 0 Å². The van der Waals surface area contributed by atoms with Gasteiger partial charge in [-0.15, -0.1) is 0 Å². The van der Waals surface area contributed by atoms with Crippen LogP contribution in [0.1, 0.15) is 11.1 Å². The Bertz CT molecular complexity index is 865. The van der Waals surface area contributed by atoms with Gasteiger partial charge in [0.2, 0.25) is 0 Å². The van der Waals surface area contributed by atoms with Crippen molar-refractivity contribution in [1.29, 1.82) is 0 Å². The van der Waals surface area contributed by atoms with E-state index >= 15 is 0 Å². The molecule has 0 aromatic heterocycles. The number of amides is 1. The van der Waals surface area contributed by atoms with Crippen molar-refractivity contribution in [2.45, 2.75) is 12.7 Å². The van der Waals surface area contributed by atoms with Gasteiger partial charge in [0.15, 0.2) is 0 Å². The van der Waals surface area contributed by atoms with E-state index in [1.807, 2.05) is 0 Å². The molecule has 0 bridgehead atoms. The number of carbonyl (C=O) groups is 2. The zero-order chi connectivity index (χ0) is 20.0. The number of nitrogens with one attached hydrogen (secondary N) is 2. The Morgan fingerprint density at radius 1 is 1.07 bits per heavy atom. The summed E-state index contributed by atoms with van der Waals surface area (Å²) in [5.41, 5.74) is -0.757.